The van der Waals surface area contributed by atoms with Crippen molar-refractivity contribution in [2.24, 2.45) is 5.92 Å². The molecule has 5 heteroatoms. The van der Waals surface area contributed by atoms with Gasteiger partial charge in [-0.2, -0.15) is 0 Å². The smallest absolute Gasteiger partial charge is 0.318 e. The van der Waals surface area contributed by atoms with Crippen molar-refractivity contribution in [2.45, 2.75) is 20.5 Å². The number of benzene rings is 1. The molecule has 0 saturated heterocycles. The molecule has 1 aromatic rings. The highest BCUT2D eigenvalue weighted by Crippen LogP contribution is 2.01. The fourth-order valence-corrected chi connectivity index (χ4v) is 1.23. The topological polar surface area (TPSA) is 64.6 Å². The highest BCUT2D eigenvalue weighted by Gasteiger charge is 2.22. The first kappa shape index (κ1) is 14.2. The molecule has 1 aromatic carbocycles. The molecule has 0 heterocycles. The average Bonchev–Trinajstić information content (AvgIpc) is 2.39. The molecule has 0 saturated carbocycles. The molecular weight excluding hydrogens is 234 g/mol. The molecule has 0 aromatic heterocycles. The van der Waals surface area contributed by atoms with Gasteiger partial charge in [-0.15, -0.1) is 0 Å². The van der Waals surface area contributed by atoms with Crippen molar-refractivity contribution in [1.82, 2.24) is 5.48 Å². The van der Waals surface area contributed by atoms with E-state index in [1.165, 1.54) is 6.92 Å². The summed E-state index contributed by atoms with van der Waals surface area (Å²) in [6.45, 7) is 3.66. The van der Waals surface area contributed by atoms with Gasteiger partial charge in [0.15, 0.2) is 0 Å². The van der Waals surface area contributed by atoms with Crippen molar-refractivity contribution in [3.63, 3.8) is 0 Å². The lowest BCUT2D eigenvalue weighted by atomic mass is 10.2. The summed E-state index contributed by atoms with van der Waals surface area (Å²) in [4.78, 5) is 27.8. The van der Waals surface area contributed by atoms with Crippen molar-refractivity contribution in [3.05, 3.63) is 35.9 Å². The molecule has 1 rings (SSSR count). The van der Waals surface area contributed by atoms with Crippen LogP contribution in [-0.2, 0) is 25.8 Å². The fourth-order valence-electron chi connectivity index (χ4n) is 1.23. The number of amides is 1. The molecule has 0 radical (unpaired) electrons. The van der Waals surface area contributed by atoms with Gasteiger partial charge in [-0.05, 0) is 19.4 Å². The Bertz CT molecular complexity index is 391. The molecule has 18 heavy (non-hydrogen) atoms. The van der Waals surface area contributed by atoms with Crippen LogP contribution >= 0.6 is 0 Å². The largest absolute Gasteiger partial charge is 0.465 e. The predicted octanol–water partition coefficient (Wildman–Crippen LogP) is 1.43. The Morgan fingerprint density at radius 3 is 2.56 bits per heavy atom. The van der Waals surface area contributed by atoms with Gasteiger partial charge in [0.1, 0.15) is 5.92 Å². The van der Waals surface area contributed by atoms with Gasteiger partial charge in [-0.25, -0.2) is 5.48 Å². The van der Waals surface area contributed by atoms with E-state index in [1.54, 1.807) is 6.92 Å². The molecule has 0 aliphatic rings. The van der Waals surface area contributed by atoms with E-state index in [2.05, 4.69) is 5.48 Å². The fraction of sp³-hybridized carbons (Fsp3) is 0.385. The Hall–Kier alpha value is -1.88. The summed E-state index contributed by atoms with van der Waals surface area (Å²) >= 11 is 0. The molecule has 0 aliphatic carbocycles. The summed E-state index contributed by atoms with van der Waals surface area (Å²) in [5.41, 5.74) is 3.16. The molecule has 1 atom stereocenters. The van der Waals surface area contributed by atoms with E-state index in [4.69, 9.17) is 9.57 Å². The zero-order valence-electron chi connectivity index (χ0n) is 10.5. The second kappa shape index (κ2) is 7.45. The summed E-state index contributed by atoms with van der Waals surface area (Å²) in [6.07, 6.45) is 0. The number of hydroxylamine groups is 1. The minimum atomic E-state index is -0.874. The zero-order valence-corrected chi connectivity index (χ0v) is 10.5. The van der Waals surface area contributed by atoms with E-state index in [0.29, 0.717) is 0 Å². The van der Waals surface area contributed by atoms with Crippen molar-refractivity contribution in [1.29, 1.82) is 0 Å². The quantitative estimate of drug-likeness (QED) is 0.472. The van der Waals surface area contributed by atoms with Crippen molar-refractivity contribution in [2.75, 3.05) is 6.61 Å². The van der Waals surface area contributed by atoms with Gasteiger partial charge >= 0.3 is 5.97 Å². The van der Waals surface area contributed by atoms with Crippen LogP contribution in [0.15, 0.2) is 30.3 Å². The van der Waals surface area contributed by atoms with Crippen LogP contribution in [-0.4, -0.2) is 18.5 Å². The normalized spacial score (nSPS) is 11.7. The minimum absolute atomic E-state index is 0.251. The molecule has 1 unspecified atom stereocenters. The Labute approximate surface area is 106 Å². The monoisotopic (exact) mass is 251 g/mol. The van der Waals surface area contributed by atoms with E-state index < -0.39 is 17.8 Å². The average molecular weight is 251 g/mol. The number of esters is 1. The molecule has 1 amide bonds. The van der Waals surface area contributed by atoms with Crippen molar-refractivity contribution < 1.29 is 19.2 Å². The van der Waals surface area contributed by atoms with Gasteiger partial charge in [-0.1, -0.05) is 30.3 Å². The highest BCUT2D eigenvalue weighted by molar-refractivity contribution is 5.96. The molecule has 98 valence electrons. The lowest BCUT2D eigenvalue weighted by Crippen LogP contribution is -2.34. The van der Waals surface area contributed by atoms with Crippen molar-refractivity contribution in [3.8, 4) is 0 Å². The number of nitrogens with one attached hydrogen (secondary N) is 1. The third kappa shape index (κ3) is 4.55. The Morgan fingerprint density at radius 1 is 1.28 bits per heavy atom. The van der Waals surface area contributed by atoms with Crippen LogP contribution in [0.25, 0.3) is 0 Å². The minimum Gasteiger partial charge on any atom is -0.465 e. The number of carbonyl (C=O) groups is 2. The first-order chi connectivity index (χ1) is 8.65. The molecule has 0 fully saturated rings. The van der Waals surface area contributed by atoms with Gasteiger partial charge in [0.25, 0.3) is 5.91 Å². The SMILES string of the molecule is CCOC(=O)C(C)C(=O)NOCc1ccccc1. The maximum absolute atomic E-state index is 11.5. The van der Waals surface area contributed by atoms with Gasteiger partial charge < -0.3 is 4.74 Å². The lowest BCUT2D eigenvalue weighted by Gasteiger charge is -2.11. The molecule has 0 spiro atoms. The number of hydrogen-bond donors (Lipinski definition) is 1. The van der Waals surface area contributed by atoms with Crippen LogP contribution in [0, 0.1) is 5.92 Å². The zero-order chi connectivity index (χ0) is 13.4. The van der Waals surface area contributed by atoms with E-state index in [9.17, 15) is 9.59 Å². The maximum Gasteiger partial charge on any atom is 0.318 e. The summed E-state index contributed by atoms with van der Waals surface area (Å²) in [5.74, 6) is -1.94. The number of hydrogen-bond acceptors (Lipinski definition) is 4. The Morgan fingerprint density at radius 2 is 1.94 bits per heavy atom. The Balaban J connectivity index is 2.31. The lowest BCUT2D eigenvalue weighted by molar-refractivity contribution is -0.155. The van der Waals surface area contributed by atoms with Crippen LogP contribution in [0.3, 0.4) is 0 Å². The van der Waals surface area contributed by atoms with E-state index >= 15 is 0 Å². The summed E-state index contributed by atoms with van der Waals surface area (Å²) in [5, 5.41) is 0. The van der Waals surface area contributed by atoms with E-state index in [1.807, 2.05) is 30.3 Å². The number of rotatable bonds is 6. The van der Waals surface area contributed by atoms with Crippen LogP contribution in [0.2, 0.25) is 0 Å². The first-order valence-electron chi connectivity index (χ1n) is 5.77. The van der Waals surface area contributed by atoms with Crippen LogP contribution in [0.1, 0.15) is 19.4 Å². The van der Waals surface area contributed by atoms with Gasteiger partial charge in [0.05, 0.1) is 13.2 Å². The number of ether oxygens (including phenoxy) is 1. The van der Waals surface area contributed by atoms with Gasteiger partial charge in [0.2, 0.25) is 0 Å². The summed E-state index contributed by atoms with van der Waals surface area (Å²) in [6, 6.07) is 9.40. The van der Waals surface area contributed by atoms with Gasteiger partial charge in [0, 0.05) is 0 Å². The highest BCUT2D eigenvalue weighted by atomic mass is 16.7. The number of carbonyl (C=O) groups excluding carboxylic acids is 2. The molecule has 0 aliphatic heterocycles. The first-order valence-corrected chi connectivity index (χ1v) is 5.77. The second-order valence-electron chi connectivity index (χ2n) is 3.71. The van der Waals surface area contributed by atoms with Crippen LogP contribution in [0.4, 0.5) is 0 Å². The Kier molecular flexibility index (Phi) is 5.87. The standard InChI is InChI=1S/C13H17NO4/c1-3-17-13(16)10(2)12(15)14-18-9-11-7-5-4-6-8-11/h4-8,10H,3,9H2,1-2H3,(H,14,15). The second-order valence-corrected chi connectivity index (χ2v) is 3.71. The summed E-state index contributed by atoms with van der Waals surface area (Å²) in [7, 11) is 0. The third-order valence-electron chi connectivity index (χ3n) is 2.29. The summed E-state index contributed by atoms with van der Waals surface area (Å²) < 4.78 is 4.73. The molecule has 5 nitrogen and oxygen atoms in total. The van der Waals surface area contributed by atoms with Crippen LogP contribution in [0.5, 0.6) is 0 Å². The van der Waals surface area contributed by atoms with E-state index in [0.717, 1.165) is 5.56 Å². The molecule has 1 N–H and O–H groups in total. The maximum atomic E-state index is 11.5. The predicted molar refractivity (Wildman–Crippen MR) is 65.2 cm³/mol. The molecular formula is C13H17NO4. The van der Waals surface area contributed by atoms with Crippen molar-refractivity contribution >= 4 is 11.9 Å². The van der Waals surface area contributed by atoms with E-state index in [-0.39, 0.29) is 13.2 Å². The third-order valence-corrected chi connectivity index (χ3v) is 2.29. The molecule has 0 bridgehead atoms. The van der Waals surface area contributed by atoms with Crippen LogP contribution < -0.4 is 5.48 Å². The van der Waals surface area contributed by atoms with Gasteiger partial charge in [-0.3, -0.25) is 14.4 Å².